The molecule has 0 radical (unpaired) electrons. The van der Waals surface area contributed by atoms with Crippen molar-refractivity contribution in [2.24, 2.45) is 0 Å². The average Bonchev–Trinajstić information content (AvgIpc) is 2.93. The number of carbonyl (C=O) groups excluding carboxylic acids is 1. The Morgan fingerprint density at radius 2 is 1.81 bits per heavy atom. The standard InChI is InChI=1S/C16H10N2O6S3/c19-15-13(26-16(25)17-15)9-10-5-7-11(8-6-10)24-27(22,23)14-4-2-1-3-12(14)18(20)21/h1-9H,(H,17,19,25)/b13-9-. The van der Waals surface area contributed by atoms with Gasteiger partial charge in [0.15, 0.2) is 4.90 Å². The van der Waals surface area contributed by atoms with Gasteiger partial charge in [0.2, 0.25) is 0 Å². The average molecular weight is 422 g/mol. The molecule has 1 aliphatic heterocycles. The number of nitro benzene ring substituents is 1. The Morgan fingerprint density at radius 1 is 1.15 bits per heavy atom. The van der Waals surface area contributed by atoms with Crippen molar-refractivity contribution in [1.29, 1.82) is 0 Å². The molecule has 0 spiro atoms. The van der Waals surface area contributed by atoms with E-state index in [4.69, 9.17) is 16.4 Å². The van der Waals surface area contributed by atoms with Crippen molar-refractivity contribution in [3.8, 4) is 5.75 Å². The molecule has 1 fully saturated rings. The first kappa shape index (κ1) is 19.0. The number of nitrogens with zero attached hydrogens (tertiary/aromatic N) is 1. The van der Waals surface area contributed by atoms with Crippen LogP contribution in [0.3, 0.4) is 0 Å². The molecule has 8 nitrogen and oxygen atoms in total. The van der Waals surface area contributed by atoms with Crippen molar-refractivity contribution < 1.29 is 22.3 Å². The number of hydrogen-bond donors (Lipinski definition) is 1. The van der Waals surface area contributed by atoms with Crippen LogP contribution < -0.4 is 9.50 Å². The number of amides is 1. The summed E-state index contributed by atoms with van der Waals surface area (Å²) in [4.78, 5) is 21.7. The largest absolute Gasteiger partial charge is 0.379 e. The molecule has 27 heavy (non-hydrogen) atoms. The fourth-order valence-electron chi connectivity index (χ4n) is 2.18. The molecule has 11 heteroatoms. The number of thiocarbonyl (C=S) groups is 1. The SMILES string of the molecule is O=C1NC(=S)S/C1=C\c1ccc(OS(=O)(=O)c2ccccc2[N+](=O)[O-])cc1. The molecule has 138 valence electrons. The Balaban J connectivity index is 1.83. The highest BCUT2D eigenvalue weighted by atomic mass is 32.2. The van der Waals surface area contributed by atoms with E-state index >= 15 is 0 Å². The minimum absolute atomic E-state index is 0.0191. The third kappa shape index (κ3) is 4.32. The highest BCUT2D eigenvalue weighted by Gasteiger charge is 2.27. The molecule has 0 atom stereocenters. The molecule has 1 aliphatic rings. The lowest BCUT2D eigenvalue weighted by molar-refractivity contribution is -0.387. The fourth-order valence-corrected chi connectivity index (χ4v) is 4.33. The first-order valence-corrected chi connectivity index (χ1v) is 9.92. The van der Waals surface area contributed by atoms with Gasteiger partial charge in [-0.15, -0.1) is 0 Å². The van der Waals surface area contributed by atoms with E-state index in [2.05, 4.69) is 5.32 Å². The minimum Gasteiger partial charge on any atom is -0.379 e. The normalized spacial score (nSPS) is 15.6. The van der Waals surface area contributed by atoms with Crippen LogP contribution in [0.2, 0.25) is 0 Å². The van der Waals surface area contributed by atoms with Gasteiger partial charge in [-0.2, -0.15) is 8.42 Å². The molecular weight excluding hydrogens is 412 g/mol. The Bertz CT molecular complexity index is 1080. The smallest absolute Gasteiger partial charge is 0.346 e. The molecule has 0 bridgehead atoms. The zero-order chi connectivity index (χ0) is 19.6. The van der Waals surface area contributed by atoms with Crippen molar-refractivity contribution in [1.82, 2.24) is 5.32 Å². The molecule has 1 amide bonds. The zero-order valence-electron chi connectivity index (χ0n) is 13.3. The summed E-state index contributed by atoms with van der Waals surface area (Å²) in [5.74, 6) is -0.321. The van der Waals surface area contributed by atoms with Crippen LogP contribution in [0.5, 0.6) is 5.75 Å². The number of para-hydroxylation sites is 1. The van der Waals surface area contributed by atoms with Crippen molar-refractivity contribution in [3.63, 3.8) is 0 Å². The second-order valence-corrected chi connectivity index (χ2v) is 8.42. The van der Waals surface area contributed by atoms with Crippen LogP contribution in [0.1, 0.15) is 5.56 Å². The number of hydrogen-bond acceptors (Lipinski definition) is 8. The monoisotopic (exact) mass is 422 g/mol. The first-order valence-electron chi connectivity index (χ1n) is 7.29. The van der Waals surface area contributed by atoms with Crippen LogP contribution >= 0.6 is 24.0 Å². The van der Waals surface area contributed by atoms with Gasteiger partial charge in [0.25, 0.3) is 11.6 Å². The Kier molecular flexibility index (Phi) is 5.26. The Hall–Kier alpha value is -2.76. The topological polar surface area (TPSA) is 116 Å². The second-order valence-electron chi connectivity index (χ2n) is 5.18. The fraction of sp³-hybridized carbons (Fsp3) is 0. The number of rotatable bonds is 5. The van der Waals surface area contributed by atoms with Gasteiger partial charge in [0.1, 0.15) is 10.1 Å². The summed E-state index contributed by atoms with van der Waals surface area (Å²) >= 11 is 6.03. The van der Waals surface area contributed by atoms with Crippen LogP contribution in [0.25, 0.3) is 6.08 Å². The van der Waals surface area contributed by atoms with Gasteiger partial charge < -0.3 is 9.50 Å². The molecule has 1 N–H and O–H groups in total. The lowest BCUT2D eigenvalue weighted by Crippen LogP contribution is -2.17. The minimum atomic E-state index is -4.38. The molecule has 1 heterocycles. The van der Waals surface area contributed by atoms with Gasteiger partial charge in [-0.25, -0.2) is 0 Å². The van der Waals surface area contributed by atoms with E-state index in [1.165, 1.54) is 24.3 Å². The van der Waals surface area contributed by atoms with Crippen molar-refractivity contribution >= 4 is 56.1 Å². The van der Waals surface area contributed by atoms with E-state index in [0.717, 1.165) is 23.9 Å². The molecule has 3 rings (SSSR count). The zero-order valence-corrected chi connectivity index (χ0v) is 15.8. The van der Waals surface area contributed by atoms with Gasteiger partial charge >= 0.3 is 10.1 Å². The molecule has 0 aliphatic carbocycles. The highest BCUT2D eigenvalue weighted by molar-refractivity contribution is 8.26. The summed E-state index contributed by atoms with van der Waals surface area (Å²) in [6.45, 7) is 0. The van der Waals surface area contributed by atoms with Crippen molar-refractivity contribution in [2.45, 2.75) is 4.90 Å². The number of thioether (sulfide) groups is 1. The highest BCUT2D eigenvalue weighted by Crippen LogP contribution is 2.28. The summed E-state index contributed by atoms with van der Waals surface area (Å²) in [7, 11) is -4.38. The van der Waals surface area contributed by atoms with E-state index in [1.54, 1.807) is 18.2 Å². The van der Waals surface area contributed by atoms with E-state index in [9.17, 15) is 23.3 Å². The van der Waals surface area contributed by atoms with Gasteiger partial charge in [-0.1, -0.05) is 48.2 Å². The Labute approximate surface area is 163 Å². The van der Waals surface area contributed by atoms with E-state index in [-0.39, 0.29) is 11.7 Å². The van der Waals surface area contributed by atoms with Crippen LogP contribution in [0.15, 0.2) is 58.3 Å². The maximum atomic E-state index is 12.4. The third-order valence-corrected chi connectivity index (χ3v) is 5.82. The summed E-state index contributed by atoms with van der Waals surface area (Å²) in [5, 5.41) is 13.5. The molecule has 1 saturated heterocycles. The number of carbonyl (C=O) groups is 1. The maximum Gasteiger partial charge on any atom is 0.346 e. The summed E-state index contributed by atoms with van der Waals surface area (Å²) in [5.41, 5.74) is 0.0619. The van der Waals surface area contributed by atoms with Gasteiger partial charge in [0, 0.05) is 6.07 Å². The molecule has 0 aromatic heterocycles. The van der Waals surface area contributed by atoms with Crippen LogP contribution in [0.4, 0.5) is 5.69 Å². The van der Waals surface area contributed by atoms with Gasteiger partial charge in [-0.3, -0.25) is 14.9 Å². The first-order chi connectivity index (χ1) is 12.8. The summed E-state index contributed by atoms with van der Waals surface area (Å²) in [6.07, 6.45) is 1.60. The van der Waals surface area contributed by atoms with Crippen molar-refractivity contribution in [2.75, 3.05) is 0 Å². The van der Waals surface area contributed by atoms with Crippen molar-refractivity contribution in [3.05, 3.63) is 69.1 Å². The van der Waals surface area contributed by atoms with Gasteiger partial charge in [-0.05, 0) is 29.8 Å². The predicted molar refractivity (Wildman–Crippen MR) is 104 cm³/mol. The lowest BCUT2D eigenvalue weighted by Gasteiger charge is -2.07. The molecular formula is C16H10N2O6S3. The molecule has 2 aromatic carbocycles. The molecule has 0 unspecified atom stereocenters. The maximum absolute atomic E-state index is 12.4. The number of benzene rings is 2. The third-order valence-electron chi connectivity index (χ3n) is 3.36. The van der Waals surface area contributed by atoms with Crippen LogP contribution in [-0.2, 0) is 14.9 Å². The van der Waals surface area contributed by atoms with Crippen LogP contribution in [-0.4, -0.2) is 23.6 Å². The summed E-state index contributed by atoms with van der Waals surface area (Å²) < 4.78 is 30.1. The van der Waals surface area contributed by atoms with E-state index < -0.39 is 25.6 Å². The van der Waals surface area contributed by atoms with E-state index in [1.807, 2.05) is 0 Å². The molecule has 0 saturated carbocycles. The molecule has 2 aromatic rings. The van der Waals surface area contributed by atoms with Gasteiger partial charge in [0.05, 0.1) is 9.83 Å². The lowest BCUT2D eigenvalue weighted by atomic mass is 10.2. The van der Waals surface area contributed by atoms with E-state index in [0.29, 0.717) is 14.8 Å². The second kappa shape index (κ2) is 7.47. The van der Waals surface area contributed by atoms with Crippen LogP contribution in [0, 0.1) is 10.1 Å². The predicted octanol–water partition coefficient (Wildman–Crippen LogP) is 2.85. The quantitative estimate of drug-likeness (QED) is 0.257. The summed E-state index contributed by atoms with van der Waals surface area (Å²) in [6, 6.07) is 10.8. The Morgan fingerprint density at radius 3 is 2.41 bits per heavy atom. The number of nitro groups is 1. The number of nitrogens with one attached hydrogen (secondary N) is 1.